The van der Waals surface area contributed by atoms with Gasteiger partial charge in [-0.25, -0.2) is 0 Å². The molecule has 182 valence electrons. The fourth-order valence-corrected chi connectivity index (χ4v) is 10.8. The largest absolute Gasteiger partial charge is 0.461 e. The maximum atomic E-state index is 12.4. The minimum atomic E-state index is 0.0324. The quantitative estimate of drug-likeness (QED) is 0.181. The molecule has 0 heterocycles. The molecule has 3 heteroatoms. The summed E-state index contributed by atoms with van der Waals surface area (Å²) in [5, 5.41) is 0. The van der Waals surface area contributed by atoms with Gasteiger partial charge in [0.15, 0.2) is 0 Å². The Morgan fingerprint density at radius 2 is 1.81 bits per heavy atom. The number of carbonyl (C=O) groups excluding carboxylic acids is 1. The van der Waals surface area contributed by atoms with Crippen LogP contribution >= 0.6 is 22.6 Å². The van der Waals surface area contributed by atoms with E-state index in [0.717, 1.165) is 41.4 Å². The Kier molecular flexibility index (Phi) is 6.28. The Hall–Kier alpha value is 0.200. The molecule has 5 aliphatic rings. The smallest absolute Gasteiger partial charge is 0.316 e. The first-order valence-electron chi connectivity index (χ1n) is 13.9. The molecule has 0 radical (unpaired) electrons. The number of halogens is 1. The average Bonchev–Trinajstić information content (AvgIpc) is 3.26. The summed E-state index contributed by atoms with van der Waals surface area (Å²) in [7, 11) is 0. The third-order valence-electron chi connectivity index (χ3n) is 12.1. The van der Waals surface area contributed by atoms with Crippen molar-refractivity contribution in [3.05, 3.63) is 0 Å². The van der Waals surface area contributed by atoms with Gasteiger partial charge in [0, 0.05) is 5.41 Å². The fourth-order valence-electron chi connectivity index (χ4n) is 10.6. The molecule has 5 aliphatic carbocycles. The summed E-state index contributed by atoms with van der Waals surface area (Å²) < 4.78 is 6.80. The zero-order valence-electron chi connectivity index (χ0n) is 21.3. The molecule has 0 aromatic carbocycles. The summed E-state index contributed by atoms with van der Waals surface area (Å²) in [5.74, 6) is 5.97. The van der Waals surface area contributed by atoms with Gasteiger partial charge in [-0.15, -0.1) is 0 Å². The summed E-state index contributed by atoms with van der Waals surface area (Å²) >= 11 is 2.19. The lowest BCUT2D eigenvalue weighted by molar-refractivity contribution is -0.181. The number of fused-ring (bicyclic) bond motifs is 4. The molecule has 10 atom stereocenters. The third kappa shape index (κ3) is 3.39. The second kappa shape index (κ2) is 8.40. The van der Waals surface area contributed by atoms with Gasteiger partial charge >= 0.3 is 5.97 Å². The van der Waals surface area contributed by atoms with Gasteiger partial charge in [-0.3, -0.25) is 4.79 Å². The molecule has 5 saturated carbocycles. The van der Waals surface area contributed by atoms with Gasteiger partial charge in [0.2, 0.25) is 0 Å². The standard InChI is InChI=1S/C29H47IO2/c1-18(2)7-6-8-19(3)22-9-10-23-21-15-25(32-26(31)17-30)29-16-20(29)11-14-28(29,5)24(21)12-13-27(22,23)4/h18-25H,6-17H2,1-5H3/t19-,20+,21-,22-,23+,24-,25-,27+,28+,29-/m0/s1. The minimum absolute atomic E-state index is 0.0324. The molecule has 0 aromatic heterocycles. The number of hydrogen-bond donors (Lipinski definition) is 0. The van der Waals surface area contributed by atoms with E-state index in [0.29, 0.717) is 20.7 Å². The normalized spacial score (nSPS) is 49.7. The fraction of sp³-hybridized carbons (Fsp3) is 0.966. The monoisotopic (exact) mass is 554 g/mol. The van der Waals surface area contributed by atoms with Crippen LogP contribution in [0.25, 0.3) is 0 Å². The first kappa shape index (κ1) is 23.9. The Balaban J connectivity index is 1.37. The Bertz CT molecular complexity index is 735. The van der Waals surface area contributed by atoms with Gasteiger partial charge in [-0.05, 0) is 104 Å². The highest BCUT2D eigenvalue weighted by Crippen LogP contribution is 2.82. The lowest BCUT2D eigenvalue weighted by Gasteiger charge is -2.60. The molecule has 32 heavy (non-hydrogen) atoms. The summed E-state index contributed by atoms with van der Waals surface area (Å²) in [5.41, 5.74) is 1.27. The van der Waals surface area contributed by atoms with E-state index in [4.69, 9.17) is 4.74 Å². The lowest BCUT2D eigenvalue weighted by Crippen LogP contribution is -2.57. The number of carbonyl (C=O) groups is 1. The Labute approximate surface area is 210 Å². The first-order chi connectivity index (χ1) is 15.2. The van der Waals surface area contributed by atoms with Crippen LogP contribution in [0.2, 0.25) is 0 Å². The van der Waals surface area contributed by atoms with Crippen LogP contribution < -0.4 is 0 Å². The first-order valence-corrected chi connectivity index (χ1v) is 15.5. The maximum Gasteiger partial charge on any atom is 0.316 e. The molecular formula is C29H47IO2. The van der Waals surface area contributed by atoms with Crippen molar-refractivity contribution in [2.75, 3.05) is 4.43 Å². The highest BCUT2D eigenvalue weighted by molar-refractivity contribution is 14.1. The van der Waals surface area contributed by atoms with Crippen LogP contribution in [0, 0.1) is 57.7 Å². The Morgan fingerprint density at radius 1 is 1.03 bits per heavy atom. The summed E-state index contributed by atoms with van der Waals surface area (Å²) in [6.45, 7) is 12.6. The van der Waals surface area contributed by atoms with Gasteiger partial charge in [-0.2, -0.15) is 0 Å². The molecule has 0 aliphatic heterocycles. The van der Waals surface area contributed by atoms with E-state index < -0.39 is 0 Å². The van der Waals surface area contributed by atoms with E-state index >= 15 is 0 Å². The van der Waals surface area contributed by atoms with Crippen LogP contribution in [-0.2, 0) is 9.53 Å². The van der Waals surface area contributed by atoms with Crippen LogP contribution in [-0.4, -0.2) is 16.5 Å². The number of esters is 1. The van der Waals surface area contributed by atoms with E-state index in [1.807, 2.05) is 0 Å². The van der Waals surface area contributed by atoms with Crippen molar-refractivity contribution in [3.8, 4) is 0 Å². The van der Waals surface area contributed by atoms with Crippen molar-refractivity contribution < 1.29 is 9.53 Å². The zero-order valence-corrected chi connectivity index (χ0v) is 23.5. The van der Waals surface area contributed by atoms with Gasteiger partial charge in [-0.1, -0.05) is 76.5 Å². The summed E-state index contributed by atoms with van der Waals surface area (Å²) in [4.78, 5) is 12.4. The van der Waals surface area contributed by atoms with Crippen molar-refractivity contribution in [3.63, 3.8) is 0 Å². The van der Waals surface area contributed by atoms with Crippen molar-refractivity contribution in [2.45, 2.75) is 111 Å². The van der Waals surface area contributed by atoms with Gasteiger partial charge in [0.05, 0.1) is 4.43 Å². The predicted molar refractivity (Wildman–Crippen MR) is 140 cm³/mol. The molecule has 0 saturated heterocycles. The maximum absolute atomic E-state index is 12.4. The number of hydrogen-bond acceptors (Lipinski definition) is 2. The molecule has 1 spiro atoms. The van der Waals surface area contributed by atoms with Crippen LogP contribution in [0.1, 0.15) is 105 Å². The van der Waals surface area contributed by atoms with E-state index in [2.05, 4.69) is 57.2 Å². The van der Waals surface area contributed by atoms with E-state index in [9.17, 15) is 4.79 Å². The highest BCUT2D eigenvalue weighted by atomic mass is 127. The number of alkyl halides is 1. The topological polar surface area (TPSA) is 26.3 Å². The molecule has 0 bridgehead atoms. The van der Waals surface area contributed by atoms with E-state index in [-0.39, 0.29) is 12.1 Å². The van der Waals surface area contributed by atoms with Crippen molar-refractivity contribution in [1.29, 1.82) is 0 Å². The van der Waals surface area contributed by atoms with Crippen molar-refractivity contribution in [1.82, 2.24) is 0 Å². The molecule has 0 N–H and O–H groups in total. The lowest BCUT2D eigenvalue weighted by atomic mass is 9.45. The highest BCUT2D eigenvalue weighted by Gasteiger charge is 2.78. The van der Waals surface area contributed by atoms with E-state index in [1.54, 1.807) is 0 Å². The average molecular weight is 555 g/mol. The minimum Gasteiger partial charge on any atom is -0.461 e. The third-order valence-corrected chi connectivity index (χ3v) is 12.8. The van der Waals surface area contributed by atoms with Gasteiger partial charge < -0.3 is 4.74 Å². The summed E-state index contributed by atoms with van der Waals surface area (Å²) in [6, 6.07) is 0. The zero-order chi connectivity index (χ0) is 22.9. The number of rotatable bonds is 7. The van der Waals surface area contributed by atoms with Crippen LogP contribution in [0.15, 0.2) is 0 Å². The second-order valence-corrected chi connectivity index (χ2v) is 14.4. The summed E-state index contributed by atoms with van der Waals surface area (Å²) in [6.07, 6.45) is 15.4. The van der Waals surface area contributed by atoms with Crippen LogP contribution in [0.5, 0.6) is 0 Å². The molecule has 0 amide bonds. The van der Waals surface area contributed by atoms with E-state index in [1.165, 1.54) is 70.6 Å². The SMILES string of the molecule is CC(C)CCC[C@H](C)[C@@H]1CC[C@@H]2[C@@H]3C[C@H](OC(=O)CI)[C@]45C[C@H]4CC[C@]5(C)[C@H]3CC[C@@]21C. The molecule has 0 unspecified atom stereocenters. The van der Waals surface area contributed by atoms with Crippen LogP contribution in [0.4, 0.5) is 0 Å². The molecular weight excluding hydrogens is 507 g/mol. The van der Waals surface area contributed by atoms with Gasteiger partial charge in [0.1, 0.15) is 6.10 Å². The second-order valence-electron chi connectivity index (χ2n) is 13.7. The Morgan fingerprint density at radius 3 is 2.50 bits per heavy atom. The molecule has 2 nitrogen and oxygen atoms in total. The van der Waals surface area contributed by atoms with Crippen LogP contribution in [0.3, 0.4) is 0 Å². The number of ether oxygens (including phenoxy) is 1. The predicted octanol–water partition coefficient (Wildman–Crippen LogP) is 8.06. The van der Waals surface area contributed by atoms with Crippen molar-refractivity contribution in [2.24, 2.45) is 57.7 Å². The molecule has 5 rings (SSSR count). The van der Waals surface area contributed by atoms with Gasteiger partial charge in [0.25, 0.3) is 0 Å². The van der Waals surface area contributed by atoms with Crippen molar-refractivity contribution >= 4 is 28.6 Å². The molecule has 0 aromatic rings. The molecule has 5 fully saturated rings.